The van der Waals surface area contributed by atoms with Crippen molar-refractivity contribution in [2.75, 3.05) is 13.2 Å². The fraction of sp³-hybridized carbons (Fsp3) is 1.00. The van der Waals surface area contributed by atoms with Gasteiger partial charge in [0, 0.05) is 0 Å². The fourth-order valence-corrected chi connectivity index (χ4v) is 1.23. The molecule has 0 aromatic carbocycles. The van der Waals surface area contributed by atoms with Gasteiger partial charge in [0.2, 0.25) is 0 Å². The van der Waals surface area contributed by atoms with Crippen molar-refractivity contribution in [3.05, 3.63) is 0 Å². The Balaban J connectivity index is 2.55. The Morgan fingerprint density at radius 2 is 1.50 bits per heavy atom. The van der Waals surface area contributed by atoms with E-state index in [0.717, 1.165) is 0 Å². The molecular weight excluding hydrogens is 164 g/mol. The summed E-state index contributed by atoms with van der Waals surface area (Å²) in [6.45, 7) is 1.11. The van der Waals surface area contributed by atoms with Crippen molar-refractivity contribution in [1.29, 1.82) is 0 Å². The Hall–Kier alpha value is -0.200. The van der Waals surface area contributed by atoms with E-state index >= 15 is 0 Å². The van der Waals surface area contributed by atoms with Gasteiger partial charge in [0.05, 0.1) is 13.2 Å². The Morgan fingerprint density at radius 1 is 1.08 bits per heavy atom. The first kappa shape index (κ1) is 9.88. The van der Waals surface area contributed by atoms with Crippen LogP contribution in [0.1, 0.15) is 6.92 Å². The maximum atomic E-state index is 9.38. The van der Waals surface area contributed by atoms with Crippen LogP contribution >= 0.6 is 0 Å². The number of aliphatic hydroxyl groups excluding tert-OH is 3. The lowest BCUT2D eigenvalue weighted by Gasteiger charge is -2.36. The molecule has 1 saturated heterocycles. The molecule has 3 N–H and O–H groups in total. The topological polar surface area (TPSA) is 79.2 Å². The molecular formula is C7H14O5. The Labute approximate surface area is 70.5 Å². The molecule has 0 aromatic rings. The van der Waals surface area contributed by atoms with Crippen molar-refractivity contribution in [3.63, 3.8) is 0 Å². The third-order valence-corrected chi connectivity index (χ3v) is 1.85. The lowest BCUT2D eigenvalue weighted by molar-refractivity contribution is -0.287. The highest BCUT2D eigenvalue weighted by Gasteiger charge is 2.35. The zero-order chi connectivity index (χ0) is 9.14. The van der Waals surface area contributed by atoms with E-state index in [0.29, 0.717) is 0 Å². The van der Waals surface area contributed by atoms with Crippen molar-refractivity contribution >= 4 is 0 Å². The summed E-state index contributed by atoms with van der Waals surface area (Å²) in [6.07, 6.45) is -2.78. The molecule has 1 aliphatic rings. The molecule has 5 nitrogen and oxygen atoms in total. The van der Waals surface area contributed by atoms with Crippen LogP contribution in [0.2, 0.25) is 0 Å². The molecule has 0 bridgehead atoms. The first-order valence-electron chi connectivity index (χ1n) is 3.89. The van der Waals surface area contributed by atoms with Gasteiger partial charge in [-0.25, -0.2) is 0 Å². The summed E-state index contributed by atoms with van der Waals surface area (Å²) in [5.74, 6) is 0. The molecule has 1 aliphatic heterocycles. The van der Waals surface area contributed by atoms with Crippen molar-refractivity contribution in [3.8, 4) is 0 Å². The molecule has 0 saturated carbocycles. The number of aliphatic hydroxyl groups is 3. The van der Waals surface area contributed by atoms with Gasteiger partial charge in [-0.2, -0.15) is 0 Å². The zero-order valence-corrected chi connectivity index (χ0v) is 6.88. The molecule has 0 aliphatic carbocycles. The second-order valence-corrected chi connectivity index (χ2v) is 2.77. The van der Waals surface area contributed by atoms with Gasteiger partial charge >= 0.3 is 0 Å². The van der Waals surface area contributed by atoms with Crippen LogP contribution in [-0.4, -0.2) is 53.1 Å². The molecule has 1 heterocycles. The van der Waals surface area contributed by atoms with E-state index in [-0.39, 0.29) is 13.2 Å². The average molecular weight is 178 g/mol. The first-order valence-corrected chi connectivity index (χ1v) is 3.89. The summed E-state index contributed by atoms with van der Waals surface area (Å²) in [6, 6.07) is 0. The third kappa shape index (κ3) is 1.94. The van der Waals surface area contributed by atoms with Gasteiger partial charge in [0.1, 0.15) is 18.3 Å². The molecule has 12 heavy (non-hydrogen) atoms. The molecule has 0 amide bonds. The van der Waals surface area contributed by atoms with Crippen LogP contribution in [0, 0.1) is 0 Å². The van der Waals surface area contributed by atoms with Crippen LogP contribution in [0.5, 0.6) is 0 Å². The quantitative estimate of drug-likeness (QED) is 0.477. The SMILES string of the molecule is CC1O[C@@H](CO)C(O)[C@@H](CO)O1. The molecule has 1 rings (SSSR count). The van der Waals surface area contributed by atoms with E-state index in [9.17, 15) is 5.11 Å². The van der Waals surface area contributed by atoms with Crippen LogP contribution < -0.4 is 0 Å². The average Bonchev–Trinajstić information content (AvgIpc) is 2.08. The highest BCUT2D eigenvalue weighted by molar-refractivity contribution is 4.80. The summed E-state index contributed by atoms with van der Waals surface area (Å²) in [5, 5.41) is 26.9. The van der Waals surface area contributed by atoms with Gasteiger partial charge in [-0.3, -0.25) is 0 Å². The molecule has 5 heteroatoms. The molecule has 4 atom stereocenters. The second kappa shape index (κ2) is 4.15. The lowest BCUT2D eigenvalue weighted by atomic mass is 10.1. The number of hydrogen-bond donors (Lipinski definition) is 3. The Morgan fingerprint density at radius 3 is 1.83 bits per heavy atom. The minimum Gasteiger partial charge on any atom is -0.394 e. The van der Waals surface area contributed by atoms with E-state index in [4.69, 9.17) is 19.7 Å². The Kier molecular flexibility index (Phi) is 3.42. The largest absolute Gasteiger partial charge is 0.394 e. The predicted octanol–water partition coefficient (Wildman–Crippen LogP) is -1.54. The van der Waals surface area contributed by atoms with Crippen LogP contribution in [0.15, 0.2) is 0 Å². The van der Waals surface area contributed by atoms with Crippen LogP contribution in [0.25, 0.3) is 0 Å². The van der Waals surface area contributed by atoms with Gasteiger partial charge in [-0.1, -0.05) is 0 Å². The van der Waals surface area contributed by atoms with Gasteiger partial charge in [-0.15, -0.1) is 0 Å². The lowest BCUT2D eigenvalue weighted by Crippen LogP contribution is -2.52. The maximum absolute atomic E-state index is 9.38. The van der Waals surface area contributed by atoms with Crippen molar-refractivity contribution in [2.24, 2.45) is 0 Å². The summed E-state index contributed by atoms with van der Waals surface area (Å²) >= 11 is 0. The fourth-order valence-electron chi connectivity index (χ4n) is 1.23. The highest BCUT2D eigenvalue weighted by atomic mass is 16.7. The van der Waals surface area contributed by atoms with Gasteiger partial charge in [0.15, 0.2) is 6.29 Å². The summed E-state index contributed by atoms with van der Waals surface area (Å²) in [7, 11) is 0. The molecule has 0 radical (unpaired) electrons. The summed E-state index contributed by atoms with van der Waals surface area (Å²) in [4.78, 5) is 0. The minimum atomic E-state index is -0.962. The molecule has 2 unspecified atom stereocenters. The zero-order valence-electron chi connectivity index (χ0n) is 6.88. The number of hydrogen-bond acceptors (Lipinski definition) is 5. The van der Waals surface area contributed by atoms with E-state index in [1.165, 1.54) is 0 Å². The Bertz CT molecular complexity index is 126. The van der Waals surface area contributed by atoms with Crippen molar-refractivity contribution < 1.29 is 24.8 Å². The molecule has 0 aromatic heterocycles. The molecule has 1 fully saturated rings. The summed E-state index contributed by atoms with van der Waals surface area (Å²) in [5.41, 5.74) is 0. The van der Waals surface area contributed by atoms with Crippen molar-refractivity contribution in [1.82, 2.24) is 0 Å². The van der Waals surface area contributed by atoms with Gasteiger partial charge < -0.3 is 24.8 Å². The van der Waals surface area contributed by atoms with E-state index in [1.807, 2.05) is 0 Å². The molecule has 72 valence electrons. The molecule has 0 spiro atoms. The van der Waals surface area contributed by atoms with Crippen LogP contribution in [0.3, 0.4) is 0 Å². The van der Waals surface area contributed by atoms with Crippen LogP contribution in [0.4, 0.5) is 0 Å². The van der Waals surface area contributed by atoms with Crippen molar-refractivity contribution in [2.45, 2.75) is 31.5 Å². The third-order valence-electron chi connectivity index (χ3n) is 1.85. The normalized spacial score (nSPS) is 43.0. The predicted molar refractivity (Wildman–Crippen MR) is 39.4 cm³/mol. The van der Waals surface area contributed by atoms with Gasteiger partial charge in [-0.05, 0) is 6.92 Å². The number of rotatable bonds is 2. The first-order chi connectivity index (χ1) is 5.69. The van der Waals surface area contributed by atoms with E-state index in [1.54, 1.807) is 6.92 Å². The maximum Gasteiger partial charge on any atom is 0.156 e. The summed E-state index contributed by atoms with van der Waals surface area (Å²) < 4.78 is 10.1. The smallest absolute Gasteiger partial charge is 0.156 e. The highest BCUT2D eigenvalue weighted by Crippen LogP contribution is 2.18. The second-order valence-electron chi connectivity index (χ2n) is 2.77. The number of ether oxygens (including phenoxy) is 2. The van der Waals surface area contributed by atoms with Crippen LogP contribution in [-0.2, 0) is 9.47 Å². The van der Waals surface area contributed by atoms with Gasteiger partial charge in [0.25, 0.3) is 0 Å². The standard InChI is InChI=1S/C7H14O5/c1-4-11-5(2-8)7(10)6(3-9)12-4/h4-10H,2-3H2,1H3/t4?,5-,6+,7?. The van der Waals surface area contributed by atoms with E-state index in [2.05, 4.69) is 0 Å². The monoisotopic (exact) mass is 178 g/mol. The van der Waals surface area contributed by atoms with E-state index < -0.39 is 24.6 Å². The minimum absolute atomic E-state index is 0.272.